The van der Waals surface area contributed by atoms with Crippen LogP contribution in [0.25, 0.3) is 6.08 Å². The van der Waals surface area contributed by atoms with Gasteiger partial charge >= 0.3 is 0 Å². The van der Waals surface area contributed by atoms with Gasteiger partial charge in [-0.15, -0.1) is 0 Å². The highest BCUT2D eigenvalue weighted by atomic mass is 32.1. The first kappa shape index (κ1) is 14.9. The first-order chi connectivity index (χ1) is 11.0. The normalized spacial score (nSPS) is 16.0. The zero-order chi connectivity index (χ0) is 16.4. The highest BCUT2D eigenvalue weighted by Crippen LogP contribution is 2.19. The lowest BCUT2D eigenvalue weighted by atomic mass is 10.1. The average molecular weight is 329 g/mol. The van der Waals surface area contributed by atoms with Crippen LogP contribution < -0.4 is 5.32 Å². The molecule has 1 aliphatic rings. The van der Waals surface area contributed by atoms with E-state index in [2.05, 4.69) is 5.32 Å². The quantitative estimate of drug-likeness (QED) is 0.401. The maximum atomic E-state index is 12.4. The van der Waals surface area contributed by atoms with Gasteiger partial charge in [-0.2, -0.15) is 0 Å². The van der Waals surface area contributed by atoms with Gasteiger partial charge in [-0.3, -0.25) is 19.8 Å². The Kier molecular flexibility index (Phi) is 3.90. The summed E-state index contributed by atoms with van der Waals surface area (Å²) in [7, 11) is 0. The Morgan fingerprint density at radius 3 is 2.87 bits per heavy atom. The first-order valence-corrected chi connectivity index (χ1v) is 7.07. The van der Waals surface area contributed by atoms with E-state index in [4.69, 9.17) is 16.6 Å². The summed E-state index contributed by atoms with van der Waals surface area (Å²) in [6.07, 6.45) is 3.05. The highest BCUT2D eigenvalue weighted by molar-refractivity contribution is 7.80. The average Bonchev–Trinajstić information content (AvgIpc) is 3.12. The number of nitro benzene ring substituents is 1. The number of rotatable bonds is 4. The molecule has 1 amide bonds. The molecule has 0 bridgehead atoms. The second-order valence-electron chi connectivity index (χ2n) is 4.81. The smallest absolute Gasteiger partial charge is 0.276 e. The van der Waals surface area contributed by atoms with E-state index in [0.717, 1.165) is 0 Å². The molecule has 0 saturated carbocycles. The van der Waals surface area contributed by atoms with Gasteiger partial charge in [0.25, 0.3) is 11.6 Å². The van der Waals surface area contributed by atoms with E-state index in [9.17, 15) is 14.9 Å². The Balaban J connectivity index is 1.84. The van der Waals surface area contributed by atoms with Gasteiger partial charge < -0.3 is 9.73 Å². The fourth-order valence-corrected chi connectivity index (χ4v) is 2.43. The molecule has 1 N–H and O–H groups in total. The molecule has 1 fully saturated rings. The molecule has 0 radical (unpaired) electrons. The van der Waals surface area contributed by atoms with Crippen LogP contribution in [-0.2, 0) is 11.3 Å². The number of nitro groups is 1. The van der Waals surface area contributed by atoms with Crippen molar-refractivity contribution in [1.82, 2.24) is 10.2 Å². The number of nitrogens with one attached hydrogen (secondary N) is 1. The van der Waals surface area contributed by atoms with E-state index in [1.807, 2.05) is 0 Å². The third-order valence-corrected chi connectivity index (χ3v) is 3.57. The van der Waals surface area contributed by atoms with Crippen LogP contribution in [0.1, 0.15) is 11.3 Å². The maximum Gasteiger partial charge on any atom is 0.276 e. The molecule has 0 aliphatic carbocycles. The summed E-state index contributed by atoms with van der Waals surface area (Å²) in [6, 6.07) is 9.49. The second kappa shape index (κ2) is 6.01. The van der Waals surface area contributed by atoms with E-state index in [0.29, 0.717) is 11.3 Å². The number of hydrogen-bond acceptors (Lipinski definition) is 5. The molecule has 7 nitrogen and oxygen atoms in total. The van der Waals surface area contributed by atoms with Crippen LogP contribution >= 0.6 is 12.2 Å². The maximum absolute atomic E-state index is 12.4. The minimum absolute atomic E-state index is 0.0418. The lowest BCUT2D eigenvalue weighted by molar-refractivity contribution is -0.384. The molecule has 2 heterocycles. The lowest BCUT2D eigenvalue weighted by Crippen LogP contribution is -2.29. The summed E-state index contributed by atoms with van der Waals surface area (Å²) in [5, 5.41) is 13.9. The minimum Gasteiger partial charge on any atom is -0.467 e. The van der Waals surface area contributed by atoms with Gasteiger partial charge in [-0.25, -0.2) is 0 Å². The lowest BCUT2D eigenvalue weighted by Gasteiger charge is -2.11. The number of amides is 1. The third-order valence-electron chi connectivity index (χ3n) is 3.25. The summed E-state index contributed by atoms with van der Waals surface area (Å²) >= 11 is 5.15. The van der Waals surface area contributed by atoms with Gasteiger partial charge in [-0.05, 0) is 36.0 Å². The number of benzene rings is 1. The van der Waals surface area contributed by atoms with Crippen molar-refractivity contribution in [2.24, 2.45) is 0 Å². The molecular formula is C15H11N3O4S. The highest BCUT2D eigenvalue weighted by Gasteiger charge is 2.31. The van der Waals surface area contributed by atoms with Crippen molar-refractivity contribution in [3.8, 4) is 0 Å². The Labute approximate surface area is 136 Å². The van der Waals surface area contributed by atoms with Gasteiger partial charge in [0.05, 0.1) is 17.7 Å². The molecule has 1 aromatic carbocycles. The van der Waals surface area contributed by atoms with Crippen LogP contribution in [0, 0.1) is 10.1 Å². The van der Waals surface area contributed by atoms with Crippen LogP contribution in [0.15, 0.2) is 52.8 Å². The summed E-state index contributed by atoms with van der Waals surface area (Å²) in [6.45, 7) is 0.226. The summed E-state index contributed by atoms with van der Waals surface area (Å²) < 4.78 is 5.21. The monoisotopic (exact) mass is 329 g/mol. The molecule has 3 rings (SSSR count). The van der Waals surface area contributed by atoms with Crippen LogP contribution in [0.3, 0.4) is 0 Å². The van der Waals surface area contributed by atoms with Gasteiger partial charge in [0.2, 0.25) is 0 Å². The molecule has 23 heavy (non-hydrogen) atoms. The van der Waals surface area contributed by atoms with Crippen molar-refractivity contribution in [2.45, 2.75) is 6.54 Å². The molecule has 1 aliphatic heterocycles. The van der Waals surface area contributed by atoms with E-state index >= 15 is 0 Å². The van der Waals surface area contributed by atoms with Crippen LogP contribution in [0.4, 0.5) is 5.69 Å². The number of hydrogen-bond donors (Lipinski definition) is 1. The fraction of sp³-hybridized carbons (Fsp3) is 0.0667. The SMILES string of the molecule is O=C1/C(=C\c2cccc([N+](=O)[O-])c2)NC(=S)N1Cc1ccco1. The predicted molar refractivity (Wildman–Crippen MR) is 86.1 cm³/mol. The Hall–Kier alpha value is -3.00. The molecule has 8 heteroatoms. The van der Waals surface area contributed by atoms with Crippen molar-refractivity contribution < 1.29 is 14.1 Å². The summed E-state index contributed by atoms with van der Waals surface area (Å²) in [5.74, 6) is 0.303. The van der Waals surface area contributed by atoms with Gasteiger partial charge in [0.15, 0.2) is 5.11 Å². The van der Waals surface area contributed by atoms with Gasteiger partial charge in [-0.1, -0.05) is 12.1 Å². The van der Waals surface area contributed by atoms with Crippen molar-refractivity contribution in [3.05, 3.63) is 69.8 Å². The molecule has 0 unspecified atom stereocenters. The first-order valence-electron chi connectivity index (χ1n) is 6.66. The van der Waals surface area contributed by atoms with Crippen LogP contribution in [-0.4, -0.2) is 20.8 Å². The summed E-state index contributed by atoms with van der Waals surface area (Å²) in [4.78, 5) is 24.1. The van der Waals surface area contributed by atoms with E-state index < -0.39 is 4.92 Å². The molecule has 1 saturated heterocycles. The molecule has 1 aromatic heterocycles. The van der Waals surface area contributed by atoms with Crippen LogP contribution in [0.2, 0.25) is 0 Å². The zero-order valence-electron chi connectivity index (χ0n) is 11.8. The van der Waals surface area contributed by atoms with Crippen LogP contribution in [0.5, 0.6) is 0 Å². The molecule has 0 atom stereocenters. The minimum atomic E-state index is -0.486. The molecule has 116 valence electrons. The van der Waals surface area contributed by atoms with E-state index in [-0.39, 0.29) is 28.9 Å². The zero-order valence-corrected chi connectivity index (χ0v) is 12.6. The Morgan fingerprint density at radius 1 is 1.35 bits per heavy atom. The van der Waals surface area contributed by atoms with Gasteiger partial charge in [0.1, 0.15) is 11.5 Å². The predicted octanol–water partition coefficient (Wildman–Crippen LogP) is 2.45. The largest absolute Gasteiger partial charge is 0.467 e. The number of thiocarbonyl (C=S) groups is 1. The molecule has 0 spiro atoms. The topological polar surface area (TPSA) is 88.6 Å². The fourth-order valence-electron chi connectivity index (χ4n) is 2.17. The van der Waals surface area contributed by atoms with Crippen molar-refractivity contribution in [1.29, 1.82) is 0 Å². The van der Waals surface area contributed by atoms with Gasteiger partial charge in [0, 0.05) is 12.1 Å². The third kappa shape index (κ3) is 3.11. The Morgan fingerprint density at radius 2 is 2.17 bits per heavy atom. The van der Waals surface area contributed by atoms with Crippen molar-refractivity contribution >= 4 is 35.0 Å². The molecule has 2 aromatic rings. The number of nitrogens with zero attached hydrogens (tertiary/aromatic N) is 2. The summed E-state index contributed by atoms with van der Waals surface area (Å²) in [5.41, 5.74) is 0.763. The number of carbonyl (C=O) groups excluding carboxylic acids is 1. The van der Waals surface area contributed by atoms with Crippen molar-refractivity contribution in [2.75, 3.05) is 0 Å². The van der Waals surface area contributed by atoms with Crippen molar-refractivity contribution in [3.63, 3.8) is 0 Å². The number of carbonyl (C=O) groups is 1. The number of furan rings is 1. The standard InChI is InChI=1S/C15H11N3O4S/c19-14-13(8-10-3-1-4-11(7-10)18(20)21)16-15(23)17(14)9-12-5-2-6-22-12/h1-8H,9H2,(H,16,23)/b13-8+. The van der Waals surface area contributed by atoms with E-state index in [1.165, 1.54) is 29.4 Å². The molecular weight excluding hydrogens is 318 g/mol. The Bertz CT molecular complexity index is 814. The number of non-ortho nitro benzene ring substituents is 1. The second-order valence-corrected chi connectivity index (χ2v) is 5.20. The van der Waals surface area contributed by atoms with E-state index in [1.54, 1.807) is 24.3 Å².